The number of ether oxygens (including phenoxy) is 4. The van der Waals surface area contributed by atoms with Gasteiger partial charge in [-0.05, 0) is 81.4 Å². The maximum Gasteiger partial charge on any atom is 0.514 e. The van der Waals surface area contributed by atoms with Crippen molar-refractivity contribution >= 4 is 28.5 Å². The molecule has 2 aliphatic heterocycles. The number of nitrogens with zero attached hydrogens (tertiary/aromatic N) is 2. The molecule has 256 valence electrons. The fourth-order valence-corrected chi connectivity index (χ4v) is 8.13. The first-order valence-corrected chi connectivity index (χ1v) is 17.1. The third kappa shape index (κ3) is 4.74. The third-order valence-electron chi connectivity index (χ3n) is 10.6. The summed E-state index contributed by atoms with van der Waals surface area (Å²) in [5.41, 5.74) is 0.808. The molecule has 2 fully saturated rings. The number of aromatic hydroxyl groups is 1. The van der Waals surface area contributed by atoms with Crippen LogP contribution < -0.4 is 9.47 Å². The highest BCUT2D eigenvalue weighted by molar-refractivity contribution is 6.20. The number of phenols is 1. The van der Waals surface area contributed by atoms with Crippen LogP contribution >= 0.6 is 0 Å². The van der Waals surface area contributed by atoms with Crippen LogP contribution in [0.3, 0.4) is 0 Å². The number of allylic oxidation sites excluding steroid dienone is 1. The van der Waals surface area contributed by atoms with E-state index >= 15 is 0 Å². The fourth-order valence-electron chi connectivity index (χ4n) is 8.13. The Morgan fingerprint density at radius 1 is 1.04 bits per heavy atom. The van der Waals surface area contributed by atoms with Crippen molar-refractivity contribution in [3.8, 4) is 17.4 Å². The number of ketones is 2. The van der Waals surface area contributed by atoms with Gasteiger partial charge in [-0.3, -0.25) is 14.5 Å². The van der Waals surface area contributed by atoms with E-state index in [9.17, 15) is 19.5 Å². The summed E-state index contributed by atoms with van der Waals surface area (Å²) in [7, 11) is 0. The largest absolute Gasteiger partial charge is 0.514 e. The van der Waals surface area contributed by atoms with E-state index in [1.54, 1.807) is 20.8 Å². The van der Waals surface area contributed by atoms with Gasteiger partial charge in [-0.25, -0.2) is 4.79 Å². The predicted molar refractivity (Wildman–Crippen MR) is 178 cm³/mol. The molecule has 1 N–H and O–H groups in total. The molecule has 50 heavy (non-hydrogen) atoms. The Kier molecular flexibility index (Phi) is 6.74. The van der Waals surface area contributed by atoms with E-state index in [1.807, 2.05) is 48.5 Å². The lowest BCUT2D eigenvalue weighted by Gasteiger charge is -2.35. The summed E-state index contributed by atoms with van der Waals surface area (Å²) in [5.74, 6) is -0.522. The van der Waals surface area contributed by atoms with Gasteiger partial charge in [0.1, 0.15) is 23.5 Å². The molecule has 3 aliphatic carbocycles. The van der Waals surface area contributed by atoms with E-state index in [-0.39, 0.29) is 52.7 Å². The Morgan fingerprint density at radius 3 is 2.58 bits per heavy atom. The van der Waals surface area contributed by atoms with E-state index in [0.717, 1.165) is 30.6 Å². The number of aromatic nitrogens is 1. The van der Waals surface area contributed by atoms with Crippen molar-refractivity contribution in [2.75, 3.05) is 13.1 Å². The summed E-state index contributed by atoms with van der Waals surface area (Å²) in [4.78, 5) is 44.5. The van der Waals surface area contributed by atoms with Crippen molar-refractivity contribution in [2.24, 2.45) is 11.8 Å². The summed E-state index contributed by atoms with van der Waals surface area (Å²) in [6.45, 7) is 8.06. The number of likely N-dealkylation sites (tertiary alicyclic amines) is 1. The second-order valence-corrected chi connectivity index (χ2v) is 14.9. The minimum Gasteiger partial charge on any atom is -0.507 e. The van der Waals surface area contributed by atoms with Crippen molar-refractivity contribution in [2.45, 2.75) is 70.8 Å². The van der Waals surface area contributed by atoms with Gasteiger partial charge < -0.3 is 28.6 Å². The SMILES string of the molecule is CC(C)(C)OC(=O)Oc1c2c(c(O)c3ccc(CN4CCC4)cc13)CC1C[C@H]3Cc4onc(OCc5ccccc5)c4C(=O)[C@]34OC4=C1C2=O. The second-order valence-electron chi connectivity index (χ2n) is 14.9. The van der Waals surface area contributed by atoms with Crippen LogP contribution in [-0.2, 0) is 35.5 Å². The first kappa shape index (κ1) is 30.9. The quantitative estimate of drug-likeness (QED) is 0.137. The molecule has 3 heterocycles. The summed E-state index contributed by atoms with van der Waals surface area (Å²) in [6.07, 6.45) is 1.30. The summed E-state index contributed by atoms with van der Waals surface area (Å²) in [5, 5.41) is 16.7. The van der Waals surface area contributed by atoms with Crippen LogP contribution in [0.2, 0.25) is 0 Å². The van der Waals surface area contributed by atoms with Crippen LogP contribution in [0.25, 0.3) is 10.8 Å². The smallest absolute Gasteiger partial charge is 0.507 e. The minimum absolute atomic E-state index is 0.0227. The van der Waals surface area contributed by atoms with Crippen LogP contribution in [0.5, 0.6) is 17.4 Å². The number of fused-ring (bicyclic) bond motifs is 4. The number of carbonyl (C=O) groups excluding carboxylic acids is 3. The molecular formula is C39H36N2O9. The van der Waals surface area contributed by atoms with Crippen molar-refractivity contribution in [1.29, 1.82) is 0 Å². The Labute approximate surface area is 287 Å². The Morgan fingerprint density at radius 2 is 1.84 bits per heavy atom. The molecule has 0 radical (unpaired) electrons. The van der Waals surface area contributed by atoms with E-state index in [2.05, 4.69) is 10.1 Å². The number of hydrogen-bond donors (Lipinski definition) is 1. The average molecular weight is 677 g/mol. The van der Waals surface area contributed by atoms with E-state index in [1.165, 1.54) is 0 Å². The maximum absolute atomic E-state index is 14.7. The zero-order valence-electron chi connectivity index (χ0n) is 28.0. The molecule has 3 atom stereocenters. The van der Waals surface area contributed by atoms with Crippen molar-refractivity contribution in [3.63, 3.8) is 0 Å². The number of hydrogen-bond acceptors (Lipinski definition) is 11. The van der Waals surface area contributed by atoms with Gasteiger partial charge in [-0.1, -0.05) is 42.5 Å². The fraction of sp³-hybridized carbons (Fsp3) is 0.385. The van der Waals surface area contributed by atoms with Crippen LogP contribution in [0, 0.1) is 11.8 Å². The van der Waals surface area contributed by atoms with Crippen molar-refractivity contribution in [3.05, 3.63) is 93.4 Å². The number of Topliss-reactive ketones (excluding diaryl/α,β-unsaturated/α-hetero) is 2. The predicted octanol–water partition coefficient (Wildman–Crippen LogP) is 6.47. The highest BCUT2D eigenvalue weighted by Crippen LogP contribution is 2.63. The molecule has 11 heteroatoms. The van der Waals surface area contributed by atoms with Gasteiger partial charge >= 0.3 is 6.16 Å². The standard InChI is InChI=1S/C39H36N2O9/c1-38(2,3)49-37(45)47-33-25-14-21(18-41-12-7-13-41)10-11-24(25)31(42)26-16-22-15-23-17-27-30(36(40-50-27)46-19-20-8-5-4-6-9-20)34(44)39(23)35(48-39)28(22)32(43)29(26)33/h4-6,8-11,14,22-23,42H,7,12-13,15-19H2,1-3H3/t22?,23-,39+/m0/s1. The number of benzene rings is 3. The molecule has 0 bridgehead atoms. The third-order valence-corrected chi connectivity index (χ3v) is 10.6. The minimum atomic E-state index is -1.32. The Hall–Kier alpha value is -5.16. The highest BCUT2D eigenvalue weighted by Gasteiger charge is 2.72. The molecule has 0 saturated carbocycles. The Bertz CT molecular complexity index is 2160. The van der Waals surface area contributed by atoms with Gasteiger partial charge in [0.25, 0.3) is 5.88 Å². The van der Waals surface area contributed by atoms with Crippen LogP contribution in [0.1, 0.15) is 76.8 Å². The van der Waals surface area contributed by atoms with Gasteiger partial charge in [-0.15, -0.1) is 0 Å². The normalized spacial score (nSPS) is 23.5. The van der Waals surface area contributed by atoms with Crippen LogP contribution in [-0.4, -0.2) is 57.2 Å². The number of carbonyl (C=O) groups is 3. The van der Waals surface area contributed by atoms with Gasteiger partial charge in [0, 0.05) is 40.8 Å². The van der Waals surface area contributed by atoms with E-state index in [4.69, 9.17) is 23.5 Å². The number of epoxide rings is 1. The van der Waals surface area contributed by atoms with Crippen molar-refractivity contribution in [1.82, 2.24) is 10.1 Å². The zero-order valence-corrected chi connectivity index (χ0v) is 28.0. The number of rotatable bonds is 6. The molecule has 1 unspecified atom stereocenters. The summed E-state index contributed by atoms with van der Waals surface area (Å²) >= 11 is 0. The molecule has 1 aromatic heterocycles. The van der Waals surface area contributed by atoms with E-state index in [0.29, 0.717) is 59.2 Å². The highest BCUT2D eigenvalue weighted by atomic mass is 16.7. The molecule has 0 amide bonds. The summed E-state index contributed by atoms with van der Waals surface area (Å²) in [6, 6.07) is 15.2. The number of phenolic OH excluding ortho intramolecular Hbond substituents is 1. The van der Waals surface area contributed by atoms with Gasteiger partial charge in [0.05, 0.1) is 5.56 Å². The zero-order chi connectivity index (χ0) is 34.5. The molecule has 3 aromatic carbocycles. The first-order valence-electron chi connectivity index (χ1n) is 17.1. The molecule has 4 aromatic rings. The first-order chi connectivity index (χ1) is 24.0. The lowest BCUT2D eigenvalue weighted by molar-refractivity contribution is 0.0207. The molecule has 1 spiro atoms. The Balaban J connectivity index is 1.12. The maximum atomic E-state index is 14.7. The lowest BCUT2D eigenvalue weighted by atomic mass is 9.63. The van der Waals surface area contributed by atoms with Crippen LogP contribution in [0.15, 0.2) is 64.4 Å². The van der Waals surface area contributed by atoms with Gasteiger partial charge in [-0.2, -0.15) is 0 Å². The van der Waals surface area contributed by atoms with Crippen molar-refractivity contribution < 1.29 is 43.0 Å². The molecule has 2 saturated heterocycles. The molecule has 11 nitrogen and oxygen atoms in total. The topological polar surface area (TPSA) is 141 Å². The lowest BCUT2D eigenvalue weighted by Crippen LogP contribution is -2.44. The van der Waals surface area contributed by atoms with Gasteiger partial charge in [0.2, 0.25) is 11.4 Å². The average Bonchev–Trinajstić information content (AvgIpc) is 3.69. The summed E-state index contributed by atoms with van der Waals surface area (Å²) < 4.78 is 29.3. The second kappa shape index (κ2) is 10.9. The van der Waals surface area contributed by atoms with E-state index < -0.39 is 23.1 Å². The molecular weight excluding hydrogens is 640 g/mol. The molecule has 9 rings (SSSR count). The van der Waals surface area contributed by atoms with Crippen LogP contribution in [0.4, 0.5) is 4.79 Å². The molecule has 5 aliphatic rings. The van der Waals surface area contributed by atoms with Gasteiger partial charge in [0.15, 0.2) is 23.1 Å². The monoisotopic (exact) mass is 676 g/mol.